The van der Waals surface area contributed by atoms with E-state index < -0.39 is 0 Å². The summed E-state index contributed by atoms with van der Waals surface area (Å²) in [6.45, 7) is 10.3. The van der Waals surface area contributed by atoms with E-state index in [-0.39, 0.29) is 11.4 Å². The number of amides is 1. The number of nitrogens with zero attached hydrogens (tertiary/aromatic N) is 1. The highest BCUT2D eigenvalue weighted by atomic mass is 16.1. The Labute approximate surface area is 86.9 Å². The van der Waals surface area contributed by atoms with Crippen LogP contribution in [-0.2, 0) is 4.79 Å². The fraction of sp³-hybridized carbons (Fsp3) is 0.909. The third-order valence-corrected chi connectivity index (χ3v) is 2.93. The molecule has 0 aromatic rings. The number of hydrogen-bond acceptors (Lipinski definition) is 2. The predicted molar refractivity (Wildman–Crippen MR) is 58.2 cm³/mol. The largest absolute Gasteiger partial charge is 0.350 e. The first-order valence-corrected chi connectivity index (χ1v) is 5.46. The molecule has 0 saturated carbocycles. The van der Waals surface area contributed by atoms with E-state index in [0.717, 1.165) is 19.5 Å². The fourth-order valence-corrected chi connectivity index (χ4v) is 2.25. The van der Waals surface area contributed by atoms with Gasteiger partial charge in [0.25, 0.3) is 0 Å². The van der Waals surface area contributed by atoms with Crippen LogP contribution < -0.4 is 5.32 Å². The second-order valence-corrected chi connectivity index (χ2v) is 4.91. The number of carbonyl (C=O) groups is 1. The zero-order chi connectivity index (χ0) is 10.8. The summed E-state index contributed by atoms with van der Waals surface area (Å²) in [7, 11) is 0. The van der Waals surface area contributed by atoms with Crippen molar-refractivity contribution in [3.63, 3.8) is 0 Å². The highest BCUT2D eigenvalue weighted by Gasteiger charge is 2.32. The predicted octanol–water partition coefficient (Wildman–Crippen LogP) is 1.39. The van der Waals surface area contributed by atoms with E-state index >= 15 is 0 Å². The van der Waals surface area contributed by atoms with Crippen molar-refractivity contribution in [2.24, 2.45) is 0 Å². The summed E-state index contributed by atoms with van der Waals surface area (Å²) in [5.41, 5.74) is -0.0195. The topological polar surface area (TPSA) is 32.3 Å². The smallest absolute Gasteiger partial charge is 0.217 e. The van der Waals surface area contributed by atoms with Crippen molar-refractivity contribution in [2.45, 2.75) is 52.1 Å². The molecule has 0 bridgehead atoms. The Morgan fingerprint density at radius 3 is 2.64 bits per heavy atom. The Morgan fingerprint density at radius 1 is 1.50 bits per heavy atom. The van der Waals surface area contributed by atoms with Crippen LogP contribution in [0.15, 0.2) is 0 Å². The quantitative estimate of drug-likeness (QED) is 0.727. The summed E-state index contributed by atoms with van der Waals surface area (Å²) < 4.78 is 0. The van der Waals surface area contributed by atoms with Crippen LogP contribution in [0.25, 0.3) is 0 Å². The number of hydrogen-bond donors (Lipinski definition) is 1. The minimum absolute atomic E-state index is 0.0195. The van der Waals surface area contributed by atoms with Crippen molar-refractivity contribution in [3.05, 3.63) is 0 Å². The van der Waals surface area contributed by atoms with Gasteiger partial charge in [0.2, 0.25) is 5.91 Å². The van der Waals surface area contributed by atoms with Crippen molar-refractivity contribution in [3.8, 4) is 0 Å². The molecule has 0 aliphatic carbocycles. The number of piperidine rings is 1. The summed E-state index contributed by atoms with van der Waals surface area (Å²) in [5.74, 6) is 0.0816. The Morgan fingerprint density at radius 2 is 2.14 bits per heavy atom. The molecular formula is C11H22N2O. The van der Waals surface area contributed by atoms with E-state index in [1.54, 1.807) is 6.92 Å². The average Bonchev–Trinajstić information content (AvgIpc) is 2.01. The van der Waals surface area contributed by atoms with Gasteiger partial charge in [-0.15, -0.1) is 0 Å². The van der Waals surface area contributed by atoms with Crippen molar-refractivity contribution in [1.29, 1.82) is 0 Å². The van der Waals surface area contributed by atoms with Crippen LogP contribution in [0.3, 0.4) is 0 Å². The zero-order valence-electron chi connectivity index (χ0n) is 9.76. The SMILES string of the molecule is CC(=O)NC1(C)CCCN(C(C)C)C1. The second-order valence-electron chi connectivity index (χ2n) is 4.91. The maximum absolute atomic E-state index is 11.1. The Bertz CT molecular complexity index is 215. The van der Waals surface area contributed by atoms with E-state index in [9.17, 15) is 4.79 Å². The van der Waals surface area contributed by atoms with Gasteiger partial charge in [-0.05, 0) is 40.2 Å². The molecule has 1 unspecified atom stereocenters. The molecule has 1 atom stereocenters. The number of carbonyl (C=O) groups excluding carboxylic acids is 1. The fourth-order valence-electron chi connectivity index (χ4n) is 2.25. The number of nitrogens with one attached hydrogen (secondary N) is 1. The van der Waals surface area contributed by atoms with Gasteiger partial charge < -0.3 is 5.32 Å². The molecule has 1 fully saturated rings. The maximum Gasteiger partial charge on any atom is 0.217 e. The molecule has 1 N–H and O–H groups in total. The Hall–Kier alpha value is -0.570. The molecule has 1 aliphatic rings. The Kier molecular flexibility index (Phi) is 3.53. The highest BCUT2D eigenvalue weighted by Crippen LogP contribution is 2.21. The van der Waals surface area contributed by atoms with Gasteiger partial charge in [0.15, 0.2) is 0 Å². The standard InChI is InChI=1S/C11H22N2O/c1-9(2)13-7-5-6-11(4,8-13)12-10(3)14/h9H,5-8H2,1-4H3,(H,12,14). The molecule has 1 saturated heterocycles. The minimum atomic E-state index is -0.0195. The van der Waals surface area contributed by atoms with Gasteiger partial charge in [0, 0.05) is 25.0 Å². The minimum Gasteiger partial charge on any atom is -0.350 e. The van der Waals surface area contributed by atoms with Gasteiger partial charge in [-0.25, -0.2) is 0 Å². The molecule has 3 heteroatoms. The van der Waals surface area contributed by atoms with E-state index in [0.29, 0.717) is 6.04 Å². The van der Waals surface area contributed by atoms with Crippen LogP contribution in [0.4, 0.5) is 0 Å². The van der Waals surface area contributed by atoms with Gasteiger partial charge >= 0.3 is 0 Å². The highest BCUT2D eigenvalue weighted by molar-refractivity contribution is 5.73. The van der Waals surface area contributed by atoms with Crippen LogP contribution in [0.5, 0.6) is 0 Å². The monoisotopic (exact) mass is 198 g/mol. The van der Waals surface area contributed by atoms with Crippen LogP contribution in [0, 0.1) is 0 Å². The third-order valence-electron chi connectivity index (χ3n) is 2.93. The van der Waals surface area contributed by atoms with Crippen molar-refractivity contribution in [1.82, 2.24) is 10.2 Å². The van der Waals surface area contributed by atoms with E-state index in [1.165, 1.54) is 6.42 Å². The molecule has 1 amide bonds. The lowest BCUT2D eigenvalue weighted by Crippen LogP contribution is -2.57. The molecule has 82 valence electrons. The van der Waals surface area contributed by atoms with E-state index in [2.05, 4.69) is 31.0 Å². The summed E-state index contributed by atoms with van der Waals surface area (Å²) in [6, 6.07) is 0.573. The number of rotatable bonds is 2. The molecule has 14 heavy (non-hydrogen) atoms. The molecular weight excluding hydrogens is 176 g/mol. The first kappa shape index (κ1) is 11.5. The van der Waals surface area contributed by atoms with E-state index in [4.69, 9.17) is 0 Å². The summed E-state index contributed by atoms with van der Waals surface area (Å²) in [5, 5.41) is 3.06. The van der Waals surface area contributed by atoms with Crippen LogP contribution in [0.2, 0.25) is 0 Å². The lowest BCUT2D eigenvalue weighted by molar-refractivity contribution is -0.121. The zero-order valence-corrected chi connectivity index (χ0v) is 9.76. The number of likely N-dealkylation sites (tertiary alicyclic amines) is 1. The lowest BCUT2D eigenvalue weighted by atomic mass is 9.90. The molecule has 0 aromatic heterocycles. The van der Waals surface area contributed by atoms with Crippen molar-refractivity contribution >= 4 is 5.91 Å². The first-order chi connectivity index (χ1) is 6.43. The first-order valence-electron chi connectivity index (χ1n) is 5.46. The lowest BCUT2D eigenvalue weighted by Gasteiger charge is -2.42. The normalized spacial score (nSPS) is 29.2. The van der Waals surface area contributed by atoms with Crippen molar-refractivity contribution in [2.75, 3.05) is 13.1 Å². The van der Waals surface area contributed by atoms with Gasteiger partial charge in [-0.1, -0.05) is 0 Å². The molecule has 0 aromatic carbocycles. The van der Waals surface area contributed by atoms with Crippen molar-refractivity contribution < 1.29 is 4.79 Å². The van der Waals surface area contributed by atoms with Gasteiger partial charge in [0.1, 0.15) is 0 Å². The average molecular weight is 198 g/mol. The van der Waals surface area contributed by atoms with Gasteiger partial charge in [0.05, 0.1) is 0 Å². The van der Waals surface area contributed by atoms with Gasteiger partial charge in [-0.2, -0.15) is 0 Å². The molecule has 0 radical (unpaired) electrons. The summed E-state index contributed by atoms with van der Waals surface area (Å²) in [6.07, 6.45) is 2.27. The second kappa shape index (κ2) is 4.30. The maximum atomic E-state index is 11.1. The van der Waals surface area contributed by atoms with Crippen LogP contribution >= 0.6 is 0 Å². The third kappa shape index (κ3) is 2.98. The molecule has 1 rings (SSSR count). The Balaban J connectivity index is 2.57. The molecule has 0 spiro atoms. The molecule has 1 heterocycles. The van der Waals surface area contributed by atoms with E-state index in [1.807, 2.05) is 0 Å². The molecule has 1 aliphatic heterocycles. The summed E-state index contributed by atoms with van der Waals surface area (Å²) >= 11 is 0. The molecule has 3 nitrogen and oxygen atoms in total. The van der Waals surface area contributed by atoms with Crippen LogP contribution in [-0.4, -0.2) is 35.5 Å². The summed E-state index contributed by atoms with van der Waals surface area (Å²) in [4.78, 5) is 13.5. The van der Waals surface area contributed by atoms with Crippen LogP contribution in [0.1, 0.15) is 40.5 Å². The van der Waals surface area contributed by atoms with Gasteiger partial charge in [-0.3, -0.25) is 9.69 Å².